The van der Waals surface area contributed by atoms with E-state index in [1.807, 2.05) is 0 Å². The molecule has 0 saturated heterocycles. The zero-order chi connectivity index (χ0) is 22.8. The van der Waals surface area contributed by atoms with Crippen LogP contribution in [0.25, 0.3) is 0 Å². The lowest BCUT2D eigenvalue weighted by molar-refractivity contribution is -0.147. The number of ketones is 1. The van der Waals surface area contributed by atoms with Crippen LogP contribution in [0.5, 0.6) is 0 Å². The monoisotopic (exact) mass is 428 g/mol. The third-order valence-electron chi connectivity index (χ3n) is 10.8. The second-order valence-electron chi connectivity index (χ2n) is 13.4. The van der Waals surface area contributed by atoms with Gasteiger partial charge in [0.25, 0.3) is 0 Å². The van der Waals surface area contributed by atoms with Crippen molar-refractivity contribution in [3.63, 3.8) is 0 Å². The standard InChI is InChI=1S/C29H48O2/c1-18(2)9-8-10-19(3)21-12-13-22-20-11-14-24-27(4,5)25(31)15-16-28(24,6)26(20)23(30)17-29(21,22)7/h14,18-22,25-26,31H,8-13,15-17H2,1-7H3/t19-,20+,21-,22+,25?,26-,28+,29-/m1/s1. The fourth-order valence-corrected chi connectivity index (χ4v) is 9.25. The lowest BCUT2D eigenvalue weighted by Crippen LogP contribution is -2.57. The lowest BCUT2D eigenvalue weighted by atomic mass is 9.44. The first kappa shape index (κ1) is 23.5. The SMILES string of the molecule is CC(C)CCC[C@@H](C)[C@H]1CC[C@H]2[C@@H]3CC=C4C(C)(C)C(O)CC[C@]4(C)[C@H]3C(=O)C[C@]12C. The quantitative estimate of drug-likeness (QED) is 0.470. The molecule has 0 spiro atoms. The van der Waals surface area contributed by atoms with Crippen molar-refractivity contribution in [1.82, 2.24) is 0 Å². The third kappa shape index (κ3) is 3.58. The molecule has 3 saturated carbocycles. The molecule has 4 aliphatic rings. The second-order valence-corrected chi connectivity index (χ2v) is 13.4. The maximum absolute atomic E-state index is 13.9. The van der Waals surface area contributed by atoms with Gasteiger partial charge in [-0.2, -0.15) is 0 Å². The molecule has 2 heteroatoms. The van der Waals surface area contributed by atoms with Crippen molar-refractivity contribution in [3.05, 3.63) is 11.6 Å². The average Bonchev–Trinajstić information content (AvgIpc) is 3.01. The first-order valence-corrected chi connectivity index (χ1v) is 13.3. The summed E-state index contributed by atoms with van der Waals surface area (Å²) in [7, 11) is 0. The second kappa shape index (κ2) is 8.00. The molecule has 176 valence electrons. The van der Waals surface area contributed by atoms with Crippen LogP contribution in [0, 0.1) is 51.8 Å². The molecule has 0 aromatic carbocycles. The Morgan fingerprint density at radius 3 is 2.45 bits per heavy atom. The fraction of sp³-hybridized carbons (Fsp3) is 0.897. The van der Waals surface area contributed by atoms with E-state index in [1.165, 1.54) is 37.7 Å². The van der Waals surface area contributed by atoms with Gasteiger partial charge < -0.3 is 5.11 Å². The summed E-state index contributed by atoms with van der Waals surface area (Å²) < 4.78 is 0. The largest absolute Gasteiger partial charge is 0.392 e. The highest BCUT2D eigenvalue weighted by atomic mass is 16.3. The highest BCUT2D eigenvalue weighted by Crippen LogP contribution is 2.68. The maximum atomic E-state index is 13.9. The highest BCUT2D eigenvalue weighted by molar-refractivity contribution is 5.85. The Bertz CT molecular complexity index is 733. The molecule has 0 radical (unpaired) electrons. The van der Waals surface area contributed by atoms with Crippen molar-refractivity contribution in [3.8, 4) is 0 Å². The van der Waals surface area contributed by atoms with E-state index in [2.05, 4.69) is 54.5 Å². The van der Waals surface area contributed by atoms with Crippen LogP contribution in [0.3, 0.4) is 0 Å². The molecule has 0 bridgehead atoms. The molecule has 0 aromatic rings. The van der Waals surface area contributed by atoms with Gasteiger partial charge in [-0.25, -0.2) is 0 Å². The van der Waals surface area contributed by atoms with Crippen LogP contribution in [-0.2, 0) is 4.79 Å². The van der Waals surface area contributed by atoms with Gasteiger partial charge in [0.15, 0.2) is 0 Å². The molecule has 1 unspecified atom stereocenters. The first-order valence-electron chi connectivity index (χ1n) is 13.3. The summed E-state index contributed by atoms with van der Waals surface area (Å²) in [6.45, 7) is 16.4. The van der Waals surface area contributed by atoms with Gasteiger partial charge in [0.2, 0.25) is 0 Å². The molecule has 3 fully saturated rings. The van der Waals surface area contributed by atoms with Gasteiger partial charge in [-0.15, -0.1) is 0 Å². The van der Waals surface area contributed by atoms with Gasteiger partial charge in [0.1, 0.15) is 5.78 Å². The van der Waals surface area contributed by atoms with Crippen molar-refractivity contribution in [1.29, 1.82) is 0 Å². The Kier molecular flexibility index (Phi) is 6.07. The van der Waals surface area contributed by atoms with Crippen molar-refractivity contribution >= 4 is 5.78 Å². The van der Waals surface area contributed by atoms with Crippen LogP contribution in [0.1, 0.15) is 106 Å². The summed E-state index contributed by atoms with van der Waals surface area (Å²) in [5.74, 6) is 4.15. The van der Waals surface area contributed by atoms with E-state index in [4.69, 9.17) is 0 Å². The Morgan fingerprint density at radius 2 is 1.77 bits per heavy atom. The minimum atomic E-state index is -0.283. The van der Waals surface area contributed by atoms with Gasteiger partial charge in [0.05, 0.1) is 6.10 Å². The fourth-order valence-electron chi connectivity index (χ4n) is 9.25. The zero-order valence-corrected chi connectivity index (χ0v) is 21.3. The lowest BCUT2D eigenvalue weighted by Gasteiger charge is -2.60. The van der Waals surface area contributed by atoms with E-state index >= 15 is 0 Å². The Balaban J connectivity index is 1.59. The van der Waals surface area contributed by atoms with Crippen LogP contribution < -0.4 is 0 Å². The Hall–Kier alpha value is -0.630. The predicted octanol–water partition coefficient (Wildman–Crippen LogP) is 7.20. The van der Waals surface area contributed by atoms with Crippen LogP contribution in [-0.4, -0.2) is 17.0 Å². The zero-order valence-electron chi connectivity index (χ0n) is 21.3. The number of rotatable bonds is 5. The molecule has 1 N–H and O–H groups in total. The van der Waals surface area contributed by atoms with E-state index in [9.17, 15) is 9.90 Å². The van der Waals surface area contributed by atoms with Crippen LogP contribution in [0.4, 0.5) is 0 Å². The summed E-state index contributed by atoms with van der Waals surface area (Å²) in [4.78, 5) is 13.9. The summed E-state index contributed by atoms with van der Waals surface area (Å²) >= 11 is 0. The van der Waals surface area contributed by atoms with Gasteiger partial charge in [-0.05, 0) is 72.5 Å². The number of aliphatic hydroxyl groups excluding tert-OH is 1. The van der Waals surface area contributed by atoms with E-state index in [0.717, 1.165) is 37.5 Å². The molecule has 8 atom stereocenters. The van der Waals surface area contributed by atoms with E-state index in [1.54, 1.807) is 0 Å². The van der Waals surface area contributed by atoms with Crippen LogP contribution >= 0.6 is 0 Å². The molecule has 31 heavy (non-hydrogen) atoms. The number of hydrogen-bond donors (Lipinski definition) is 1. The van der Waals surface area contributed by atoms with Crippen molar-refractivity contribution in [2.45, 2.75) is 112 Å². The highest BCUT2D eigenvalue weighted by Gasteiger charge is 2.63. The van der Waals surface area contributed by atoms with Gasteiger partial charge in [-0.1, -0.05) is 79.4 Å². The van der Waals surface area contributed by atoms with Crippen LogP contribution in [0.15, 0.2) is 11.6 Å². The van der Waals surface area contributed by atoms with Gasteiger partial charge in [-0.3, -0.25) is 4.79 Å². The molecule has 0 aliphatic heterocycles. The average molecular weight is 429 g/mol. The Morgan fingerprint density at radius 1 is 1.06 bits per heavy atom. The maximum Gasteiger partial charge on any atom is 0.137 e. The molecule has 2 nitrogen and oxygen atoms in total. The summed E-state index contributed by atoms with van der Waals surface area (Å²) in [6, 6.07) is 0. The van der Waals surface area contributed by atoms with Gasteiger partial charge in [0, 0.05) is 17.8 Å². The van der Waals surface area contributed by atoms with Crippen LogP contribution in [0.2, 0.25) is 0 Å². The number of Topliss-reactive ketones (excluding diaryl/α,β-unsaturated/α-hetero) is 1. The topological polar surface area (TPSA) is 37.3 Å². The van der Waals surface area contributed by atoms with Crippen molar-refractivity contribution < 1.29 is 9.90 Å². The molecule has 0 heterocycles. The molecule has 4 rings (SSSR count). The molecular weight excluding hydrogens is 380 g/mol. The predicted molar refractivity (Wildman–Crippen MR) is 129 cm³/mol. The summed E-state index contributed by atoms with van der Waals surface area (Å²) in [5, 5.41) is 10.7. The number of fused-ring (bicyclic) bond motifs is 5. The van der Waals surface area contributed by atoms with E-state index < -0.39 is 0 Å². The van der Waals surface area contributed by atoms with E-state index in [0.29, 0.717) is 23.5 Å². The first-order chi connectivity index (χ1) is 14.4. The number of aliphatic hydroxyl groups is 1. The molecular formula is C29H48O2. The van der Waals surface area contributed by atoms with E-state index in [-0.39, 0.29) is 28.3 Å². The van der Waals surface area contributed by atoms with Crippen molar-refractivity contribution in [2.75, 3.05) is 0 Å². The minimum Gasteiger partial charge on any atom is -0.392 e. The number of carbonyl (C=O) groups excluding carboxylic acids is 1. The summed E-state index contributed by atoms with van der Waals surface area (Å²) in [5.41, 5.74) is 1.32. The third-order valence-corrected chi connectivity index (χ3v) is 10.8. The number of carbonyl (C=O) groups is 1. The smallest absolute Gasteiger partial charge is 0.137 e. The molecule has 0 amide bonds. The van der Waals surface area contributed by atoms with Crippen molar-refractivity contribution in [2.24, 2.45) is 51.8 Å². The minimum absolute atomic E-state index is 0.0506. The molecule has 4 aliphatic carbocycles. The molecule has 0 aromatic heterocycles. The summed E-state index contributed by atoms with van der Waals surface area (Å²) in [6.07, 6.45) is 12.4. The number of allylic oxidation sites excluding steroid dienone is 1. The normalized spacial score (nSPS) is 45.0. The number of hydrogen-bond acceptors (Lipinski definition) is 2. The Labute approximate surface area is 191 Å². The van der Waals surface area contributed by atoms with Gasteiger partial charge >= 0.3 is 0 Å².